The van der Waals surface area contributed by atoms with Gasteiger partial charge in [0, 0.05) is 40.9 Å². The summed E-state index contributed by atoms with van der Waals surface area (Å²) in [6.07, 6.45) is 4.29. The van der Waals surface area contributed by atoms with E-state index in [1.54, 1.807) is 18.2 Å². The van der Waals surface area contributed by atoms with Gasteiger partial charge in [0.05, 0.1) is 58.7 Å². The van der Waals surface area contributed by atoms with Crippen LogP contribution in [0.2, 0.25) is 10.0 Å². The van der Waals surface area contributed by atoms with Gasteiger partial charge in [0.15, 0.2) is 6.73 Å². The zero-order valence-electron chi connectivity index (χ0n) is 25.4. The number of carbonyl (C=O) groups excluding carboxylic acids is 1. The number of carboxylic acids is 1. The Hall–Kier alpha value is -3.53. The van der Waals surface area contributed by atoms with Crippen molar-refractivity contribution in [2.24, 2.45) is 11.3 Å². The molecule has 240 valence electrons. The van der Waals surface area contributed by atoms with Gasteiger partial charge >= 0.3 is 5.97 Å². The topological polar surface area (TPSA) is 82.5 Å². The number of aromatic carboxylic acids is 1. The van der Waals surface area contributed by atoms with Crippen LogP contribution in [-0.4, -0.2) is 67.0 Å². The third-order valence-electron chi connectivity index (χ3n) is 11.0. The Morgan fingerprint density at radius 1 is 1.00 bits per heavy atom. The molecule has 4 fully saturated rings. The van der Waals surface area contributed by atoms with Gasteiger partial charge in [-0.3, -0.25) is 4.79 Å². The van der Waals surface area contributed by atoms with Crippen LogP contribution in [0.4, 0.5) is 15.8 Å². The lowest BCUT2D eigenvalue weighted by atomic mass is 9.56. The van der Waals surface area contributed by atoms with Crippen LogP contribution in [-0.2, 0) is 11.3 Å². The summed E-state index contributed by atoms with van der Waals surface area (Å²) < 4.78 is 27.5. The lowest BCUT2D eigenvalue weighted by molar-refractivity contribution is 0.0119. The Morgan fingerprint density at radius 2 is 1.72 bits per heavy atom. The molecule has 8 nitrogen and oxygen atoms in total. The first-order chi connectivity index (χ1) is 22.1. The number of carbonyl (C=O) groups is 2. The minimum Gasteiger partial charge on any atom is -0.478 e. The second-order valence-electron chi connectivity index (χ2n) is 13.5. The van der Waals surface area contributed by atoms with Crippen LogP contribution in [0.3, 0.4) is 0 Å². The van der Waals surface area contributed by atoms with Crippen molar-refractivity contribution in [2.45, 2.75) is 51.2 Å². The highest BCUT2D eigenvalue weighted by Gasteiger charge is 2.52. The fraction of sp³-hybridized carbons (Fsp3) is 0.429. The predicted molar refractivity (Wildman–Crippen MR) is 174 cm³/mol. The molecule has 1 aliphatic carbocycles. The van der Waals surface area contributed by atoms with Crippen LogP contribution in [0.1, 0.15) is 58.9 Å². The first-order valence-electron chi connectivity index (χ1n) is 15.8. The van der Waals surface area contributed by atoms with Crippen LogP contribution in [0.5, 0.6) is 5.75 Å². The molecule has 0 aromatic heterocycles. The third kappa shape index (κ3) is 4.65. The molecule has 3 atom stereocenters. The smallest absolute Gasteiger partial charge is 0.337 e. The Morgan fingerprint density at radius 3 is 2.35 bits per heavy atom. The summed E-state index contributed by atoms with van der Waals surface area (Å²) in [7, 11) is 0. The van der Waals surface area contributed by atoms with E-state index in [1.165, 1.54) is 17.7 Å². The molecule has 1 N–H and O–H groups in total. The number of hydrogen-bond donors (Lipinski definition) is 1. The van der Waals surface area contributed by atoms with Crippen molar-refractivity contribution in [3.05, 3.63) is 75.0 Å². The quantitative estimate of drug-likeness (QED) is 0.311. The molecule has 1 amide bonds. The molecule has 3 saturated heterocycles. The van der Waals surface area contributed by atoms with Gasteiger partial charge in [0.1, 0.15) is 11.6 Å². The minimum atomic E-state index is -1.18. The van der Waals surface area contributed by atoms with E-state index < -0.39 is 11.8 Å². The van der Waals surface area contributed by atoms with E-state index in [2.05, 4.69) is 16.7 Å². The number of amides is 1. The number of fused-ring (bicyclic) bond motifs is 3. The monoisotopic (exact) mass is 665 g/mol. The van der Waals surface area contributed by atoms with Crippen molar-refractivity contribution < 1.29 is 28.6 Å². The summed E-state index contributed by atoms with van der Waals surface area (Å²) in [5.41, 5.74) is 3.38. The lowest BCUT2D eigenvalue weighted by Crippen LogP contribution is -2.63. The maximum absolute atomic E-state index is 15.7. The van der Waals surface area contributed by atoms with Crippen LogP contribution in [0.15, 0.2) is 42.5 Å². The highest BCUT2D eigenvalue weighted by Crippen LogP contribution is 2.54. The Balaban J connectivity index is 1.06. The largest absolute Gasteiger partial charge is 0.478 e. The van der Waals surface area contributed by atoms with E-state index in [9.17, 15) is 14.7 Å². The molecule has 1 spiro atoms. The van der Waals surface area contributed by atoms with Crippen molar-refractivity contribution in [1.82, 2.24) is 4.90 Å². The van der Waals surface area contributed by atoms with Gasteiger partial charge < -0.3 is 29.3 Å². The number of morpholine rings is 1. The lowest BCUT2D eigenvalue weighted by Gasteiger charge is -2.61. The summed E-state index contributed by atoms with van der Waals surface area (Å²) >= 11 is 13.4. The molecule has 8 rings (SSSR count). The van der Waals surface area contributed by atoms with Gasteiger partial charge in [-0.05, 0) is 55.9 Å². The van der Waals surface area contributed by atoms with Crippen molar-refractivity contribution in [3.63, 3.8) is 0 Å². The van der Waals surface area contributed by atoms with Gasteiger partial charge in [-0.15, -0.1) is 0 Å². The number of carboxylic acid groups (broad SMARTS) is 1. The maximum atomic E-state index is 15.7. The molecule has 4 heterocycles. The molecule has 3 aromatic carbocycles. The first-order valence-corrected chi connectivity index (χ1v) is 16.6. The van der Waals surface area contributed by atoms with Gasteiger partial charge in [0.25, 0.3) is 5.91 Å². The number of benzene rings is 3. The summed E-state index contributed by atoms with van der Waals surface area (Å²) in [6, 6.07) is 11.8. The number of ether oxygens (including phenoxy) is 2. The third-order valence-corrected chi connectivity index (χ3v) is 11.6. The molecule has 3 aromatic rings. The molecular formula is C35H34Cl2FN3O5. The van der Waals surface area contributed by atoms with E-state index in [0.717, 1.165) is 43.6 Å². The van der Waals surface area contributed by atoms with E-state index in [1.807, 2.05) is 18.2 Å². The number of nitrogens with zero attached hydrogens (tertiary/aromatic N) is 3. The van der Waals surface area contributed by atoms with E-state index in [0.29, 0.717) is 51.2 Å². The average Bonchev–Trinajstić information content (AvgIpc) is 3.25. The fourth-order valence-corrected chi connectivity index (χ4v) is 8.74. The maximum Gasteiger partial charge on any atom is 0.337 e. The Kier molecular flexibility index (Phi) is 7.16. The normalized spacial score (nSPS) is 24.3. The van der Waals surface area contributed by atoms with Gasteiger partial charge in [0.2, 0.25) is 0 Å². The SMILES string of the molecule is C[C@H]1CCC12CN(c1cc(Cl)c(C(=O)N3COc4c(cccc4-c4cc(N5C6CCC5COC6)c(C(=O)O)cc4F)C3)c(Cl)c1)C2. The zero-order chi connectivity index (χ0) is 31.9. The molecule has 4 aliphatic heterocycles. The summed E-state index contributed by atoms with van der Waals surface area (Å²) in [5, 5.41) is 10.6. The van der Waals surface area contributed by atoms with Crippen molar-refractivity contribution in [3.8, 4) is 16.9 Å². The Labute approximate surface area is 276 Å². The number of rotatable bonds is 5. The molecule has 2 bridgehead atoms. The second kappa shape index (κ2) is 11.0. The van der Waals surface area contributed by atoms with Gasteiger partial charge in [-0.2, -0.15) is 0 Å². The zero-order valence-corrected chi connectivity index (χ0v) is 26.9. The van der Waals surface area contributed by atoms with Crippen LogP contribution in [0.25, 0.3) is 11.1 Å². The number of para-hydroxylation sites is 1. The molecule has 11 heteroatoms. The number of hydrogen-bond acceptors (Lipinski definition) is 6. The van der Waals surface area contributed by atoms with Crippen LogP contribution < -0.4 is 14.5 Å². The van der Waals surface area contributed by atoms with Crippen LogP contribution >= 0.6 is 23.2 Å². The number of anilines is 2. The summed E-state index contributed by atoms with van der Waals surface area (Å²) in [6.45, 7) is 5.39. The van der Waals surface area contributed by atoms with Crippen molar-refractivity contribution in [2.75, 3.05) is 42.8 Å². The van der Waals surface area contributed by atoms with Crippen LogP contribution in [0, 0.1) is 17.2 Å². The van der Waals surface area contributed by atoms with Gasteiger partial charge in [-0.1, -0.05) is 48.3 Å². The molecular weight excluding hydrogens is 632 g/mol. The van der Waals surface area contributed by atoms with Crippen molar-refractivity contribution >= 4 is 46.5 Å². The second-order valence-corrected chi connectivity index (χ2v) is 14.3. The highest BCUT2D eigenvalue weighted by atomic mass is 35.5. The van der Waals surface area contributed by atoms with Gasteiger partial charge in [-0.25, -0.2) is 9.18 Å². The first kappa shape index (κ1) is 29.8. The average molecular weight is 667 g/mol. The summed E-state index contributed by atoms with van der Waals surface area (Å²) in [4.78, 5) is 31.8. The molecule has 0 radical (unpaired) electrons. The highest BCUT2D eigenvalue weighted by molar-refractivity contribution is 6.40. The number of halogens is 3. The minimum absolute atomic E-state index is 0.0392. The summed E-state index contributed by atoms with van der Waals surface area (Å²) in [5.74, 6) is -1.02. The van der Waals surface area contributed by atoms with Crippen molar-refractivity contribution in [1.29, 1.82) is 0 Å². The molecule has 1 saturated carbocycles. The fourth-order valence-electron chi connectivity index (χ4n) is 8.10. The van der Waals surface area contributed by atoms with E-state index in [4.69, 9.17) is 32.7 Å². The Bertz CT molecular complexity index is 1740. The predicted octanol–water partition coefficient (Wildman–Crippen LogP) is 7.09. The molecule has 5 aliphatic rings. The van der Waals surface area contributed by atoms with E-state index in [-0.39, 0.29) is 48.0 Å². The standard InChI is InChI=1S/C35H34Cl2FN3O5/c1-19-7-8-35(19)16-40(17-35)23-9-27(36)31(28(37)10-23)33(42)39-13-20-3-2-4-24(32(20)46-18-39)25-12-30(26(34(43)44)11-29(25)38)41-21-5-6-22(41)15-45-14-21/h2-4,9-12,19,21-22H,5-8,13-18H2,1H3,(H,43,44)/t19-,21?,22?/m0/s1. The van der Waals surface area contributed by atoms with E-state index >= 15 is 4.39 Å². The molecule has 2 unspecified atom stereocenters. The molecule has 46 heavy (non-hydrogen) atoms.